The van der Waals surface area contributed by atoms with Crippen molar-refractivity contribution in [2.75, 3.05) is 31.7 Å². The van der Waals surface area contributed by atoms with E-state index in [0.29, 0.717) is 18.4 Å². The first kappa shape index (κ1) is 31.6. The van der Waals surface area contributed by atoms with Crippen LogP contribution in [0.5, 0.6) is 11.5 Å². The number of anilines is 1. The molecule has 43 heavy (non-hydrogen) atoms. The molecule has 0 bridgehead atoms. The van der Waals surface area contributed by atoms with Gasteiger partial charge in [-0.05, 0) is 73.3 Å². The maximum atomic E-state index is 11.4. The van der Waals surface area contributed by atoms with Gasteiger partial charge >= 0.3 is 18.1 Å². The zero-order chi connectivity index (χ0) is 31.0. The molecule has 1 saturated carbocycles. The molecule has 2 aromatic carbocycles. The third-order valence-electron chi connectivity index (χ3n) is 7.63. The predicted molar refractivity (Wildman–Crippen MR) is 152 cm³/mol. The van der Waals surface area contributed by atoms with E-state index in [9.17, 15) is 23.1 Å². The molecule has 1 aliphatic carbocycles. The molecule has 1 saturated heterocycles. The van der Waals surface area contributed by atoms with Crippen LogP contribution in [0.3, 0.4) is 0 Å². The molecule has 5 rings (SSSR count). The van der Waals surface area contributed by atoms with E-state index < -0.39 is 18.1 Å². The van der Waals surface area contributed by atoms with E-state index in [0.717, 1.165) is 72.6 Å². The standard InChI is InChI=1S/C29H33N3O4.C2HF3O2/c1-35-24-7-8-26(23-16-30-19-31-17-23)28(14-24)32-11-9-20(10-12-32)18-36-25-4-2-3-22(13-25)27(15-29(33)34)21-5-6-21;3-2(4,5)1(6)7/h2-4,7-8,13-14,16-17,19-21,27H,5-6,9-12,15,18H2,1H3,(H,33,34);(H,6,7)/t27-;/m0./s1. The first-order chi connectivity index (χ1) is 20.5. The van der Waals surface area contributed by atoms with Gasteiger partial charge in [0.15, 0.2) is 0 Å². The van der Waals surface area contributed by atoms with Gasteiger partial charge in [0, 0.05) is 48.4 Å². The molecule has 1 aromatic heterocycles. The first-order valence-electron chi connectivity index (χ1n) is 14.0. The normalized spacial score (nSPS) is 16.0. The van der Waals surface area contributed by atoms with E-state index >= 15 is 0 Å². The third kappa shape index (κ3) is 9.07. The van der Waals surface area contributed by atoms with Crippen LogP contribution in [0.15, 0.2) is 61.2 Å². The van der Waals surface area contributed by atoms with Crippen LogP contribution in [0.2, 0.25) is 0 Å². The lowest BCUT2D eigenvalue weighted by atomic mass is 9.91. The lowest BCUT2D eigenvalue weighted by Gasteiger charge is -2.35. The Bertz CT molecular complexity index is 1380. The topological polar surface area (TPSA) is 122 Å². The summed E-state index contributed by atoms with van der Waals surface area (Å²) in [4.78, 5) is 31.0. The second-order valence-corrected chi connectivity index (χ2v) is 10.7. The number of aliphatic carboxylic acids is 2. The lowest BCUT2D eigenvalue weighted by Crippen LogP contribution is -2.35. The number of carboxylic acids is 2. The van der Waals surface area contributed by atoms with Crippen molar-refractivity contribution in [3.05, 3.63) is 66.7 Å². The molecular formula is C31H34F3N3O6. The Hall–Kier alpha value is -4.35. The lowest BCUT2D eigenvalue weighted by molar-refractivity contribution is -0.192. The average Bonchev–Trinajstić information content (AvgIpc) is 3.85. The summed E-state index contributed by atoms with van der Waals surface area (Å²) < 4.78 is 43.4. The quantitative estimate of drug-likeness (QED) is 0.286. The van der Waals surface area contributed by atoms with Crippen LogP contribution in [-0.2, 0) is 9.59 Å². The summed E-state index contributed by atoms with van der Waals surface area (Å²) in [5, 5.41) is 16.5. The fraction of sp³-hybridized carbons (Fsp3) is 0.419. The highest BCUT2D eigenvalue weighted by Crippen LogP contribution is 2.45. The highest BCUT2D eigenvalue weighted by atomic mass is 19.4. The highest BCUT2D eigenvalue weighted by molar-refractivity contribution is 5.79. The molecule has 2 aliphatic rings. The Kier molecular flexibility index (Phi) is 10.4. The largest absolute Gasteiger partial charge is 0.497 e. The smallest absolute Gasteiger partial charge is 0.490 e. The van der Waals surface area contributed by atoms with E-state index in [1.54, 1.807) is 13.4 Å². The maximum absolute atomic E-state index is 11.4. The summed E-state index contributed by atoms with van der Waals surface area (Å²) in [7, 11) is 1.69. The monoisotopic (exact) mass is 601 g/mol. The number of benzene rings is 2. The number of methoxy groups -OCH3 is 1. The van der Waals surface area contributed by atoms with E-state index in [1.807, 2.05) is 42.7 Å². The minimum absolute atomic E-state index is 0.0846. The molecule has 1 aliphatic heterocycles. The summed E-state index contributed by atoms with van der Waals surface area (Å²) in [6.45, 7) is 2.54. The number of ether oxygens (including phenoxy) is 2. The van der Waals surface area contributed by atoms with Gasteiger partial charge in [0.2, 0.25) is 0 Å². The van der Waals surface area contributed by atoms with Crippen molar-refractivity contribution in [2.24, 2.45) is 11.8 Å². The van der Waals surface area contributed by atoms with Crippen molar-refractivity contribution in [3.63, 3.8) is 0 Å². The van der Waals surface area contributed by atoms with Gasteiger partial charge in [-0.2, -0.15) is 13.2 Å². The Morgan fingerprint density at radius 2 is 1.67 bits per heavy atom. The fourth-order valence-corrected chi connectivity index (χ4v) is 5.22. The zero-order valence-corrected chi connectivity index (χ0v) is 23.7. The number of aromatic nitrogens is 2. The van der Waals surface area contributed by atoms with Crippen molar-refractivity contribution < 1.29 is 42.4 Å². The van der Waals surface area contributed by atoms with E-state index in [4.69, 9.17) is 19.4 Å². The molecule has 0 spiro atoms. The number of carbonyl (C=O) groups is 2. The van der Waals surface area contributed by atoms with E-state index in [2.05, 4.69) is 27.0 Å². The van der Waals surface area contributed by atoms with E-state index in [1.165, 1.54) is 0 Å². The molecule has 3 aromatic rings. The van der Waals surface area contributed by atoms with Gasteiger partial charge in [0.25, 0.3) is 0 Å². The molecule has 12 heteroatoms. The second kappa shape index (κ2) is 14.2. The van der Waals surface area contributed by atoms with Gasteiger partial charge in [-0.3, -0.25) is 4.79 Å². The van der Waals surface area contributed by atoms with E-state index in [-0.39, 0.29) is 12.3 Å². The third-order valence-corrected chi connectivity index (χ3v) is 7.63. The molecule has 2 N–H and O–H groups in total. The molecular weight excluding hydrogens is 567 g/mol. The Labute approximate surface area is 247 Å². The van der Waals surface area contributed by atoms with Crippen LogP contribution in [0.25, 0.3) is 11.1 Å². The maximum Gasteiger partial charge on any atom is 0.490 e. The average molecular weight is 602 g/mol. The minimum Gasteiger partial charge on any atom is -0.497 e. The number of piperidine rings is 1. The summed E-state index contributed by atoms with van der Waals surface area (Å²) >= 11 is 0. The van der Waals surface area contributed by atoms with Gasteiger partial charge in [0.1, 0.15) is 17.8 Å². The number of rotatable bonds is 10. The van der Waals surface area contributed by atoms with Crippen molar-refractivity contribution in [2.45, 2.75) is 44.2 Å². The number of carboxylic acid groups (broad SMARTS) is 2. The minimum atomic E-state index is -5.08. The van der Waals surface area contributed by atoms with Gasteiger partial charge in [-0.1, -0.05) is 12.1 Å². The van der Waals surface area contributed by atoms with Crippen molar-refractivity contribution in [1.82, 2.24) is 9.97 Å². The Morgan fingerprint density at radius 3 is 2.26 bits per heavy atom. The summed E-state index contributed by atoms with van der Waals surface area (Å²) in [6, 6.07) is 14.2. The van der Waals surface area contributed by atoms with Gasteiger partial charge < -0.3 is 24.6 Å². The van der Waals surface area contributed by atoms with Crippen LogP contribution in [0.1, 0.15) is 43.6 Å². The number of alkyl halides is 3. The van der Waals surface area contributed by atoms with Crippen LogP contribution >= 0.6 is 0 Å². The van der Waals surface area contributed by atoms with Gasteiger partial charge in [-0.25, -0.2) is 14.8 Å². The van der Waals surface area contributed by atoms with Crippen molar-refractivity contribution >= 4 is 17.6 Å². The molecule has 0 amide bonds. The van der Waals surface area contributed by atoms with Crippen molar-refractivity contribution in [1.29, 1.82) is 0 Å². The molecule has 0 radical (unpaired) electrons. The predicted octanol–water partition coefficient (Wildman–Crippen LogP) is 6.05. The highest BCUT2D eigenvalue weighted by Gasteiger charge is 2.38. The SMILES string of the molecule is COc1ccc(-c2cncnc2)c(N2CCC(COc3cccc([C@@H](CC(=O)O)C4CC4)c3)CC2)c1.O=C(O)C(F)(F)F. The first-order valence-corrected chi connectivity index (χ1v) is 14.0. The van der Waals surface area contributed by atoms with Gasteiger partial charge in [0.05, 0.1) is 20.1 Å². The molecule has 2 fully saturated rings. The summed E-state index contributed by atoms with van der Waals surface area (Å²) in [6.07, 6.45) is 4.65. The number of nitrogens with zero attached hydrogens (tertiary/aromatic N) is 3. The Balaban J connectivity index is 0.000000541. The summed E-state index contributed by atoms with van der Waals surface area (Å²) in [5.41, 5.74) is 4.32. The van der Waals surface area contributed by atoms with Crippen LogP contribution in [0, 0.1) is 11.8 Å². The Morgan fingerprint density at radius 1 is 1.00 bits per heavy atom. The molecule has 230 valence electrons. The molecule has 1 atom stereocenters. The van der Waals surface area contributed by atoms with Gasteiger partial charge in [-0.15, -0.1) is 0 Å². The van der Waals surface area contributed by atoms with Crippen LogP contribution < -0.4 is 14.4 Å². The van der Waals surface area contributed by atoms with Crippen molar-refractivity contribution in [3.8, 4) is 22.6 Å². The fourth-order valence-electron chi connectivity index (χ4n) is 5.22. The summed E-state index contributed by atoms with van der Waals surface area (Å²) in [5.74, 6) is -0.770. The zero-order valence-electron chi connectivity index (χ0n) is 23.7. The van der Waals surface area contributed by atoms with Crippen LogP contribution in [0.4, 0.5) is 18.9 Å². The number of hydrogen-bond donors (Lipinski definition) is 2. The molecule has 9 nitrogen and oxygen atoms in total. The molecule has 0 unspecified atom stereocenters. The van der Waals surface area contributed by atoms with Crippen LogP contribution in [-0.4, -0.2) is 65.1 Å². The molecule has 2 heterocycles. The number of hydrogen-bond acceptors (Lipinski definition) is 7. The number of halogens is 3. The second-order valence-electron chi connectivity index (χ2n) is 10.7.